The molecule has 1 aromatic carbocycles. The number of benzene rings is 1. The Morgan fingerprint density at radius 3 is 2.42 bits per heavy atom. The molecule has 0 fully saturated rings. The molecule has 24 heavy (non-hydrogen) atoms. The molecule has 11 heteroatoms. The van der Waals surface area contributed by atoms with Gasteiger partial charge in [0.05, 0.1) is 10.0 Å². The lowest BCUT2D eigenvalue weighted by molar-refractivity contribution is -0.147. The van der Waals surface area contributed by atoms with E-state index in [0.29, 0.717) is 4.47 Å². The Morgan fingerprint density at radius 1 is 1.29 bits per heavy atom. The summed E-state index contributed by atoms with van der Waals surface area (Å²) in [4.78, 5) is 22.4. The van der Waals surface area contributed by atoms with E-state index in [1.807, 2.05) is 4.72 Å². The maximum Gasteiger partial charge on any atom is 0.321 e. The van der Waals surface area contributed by atoms with Crippen LogP contribution in [0.5, 0.6) is 0 Å². The van der Waals surface area contributed by atoms with Crippen LogP contribution < -0.4 is 10.0 Å². The largest absolute Gasteiger partial charge is 0.455 e. The van der Waals surface area contributed by atoms with E-state index in [1.165, 1.54) is 18.2 Å². The first-order valence-electron chi connectivity index (χ1n) is 6.34. The molecule has 0 saturated heterocycles. The average Bonchev–Trinajstić information content (AvgIpc) is 2.47. The molecule has 0 bridgehead atoms. The van der Waals surface area contributed by atoms with Crippen molar-refractivity contribution in [3.8, 4) is 0 Å². The van der Waals surface area contributed by atoms with Gasteiger partial charge in [0, 0.05) is 11.0 Å². The molecule has 0 aliphatic heterocycles. The summed E-state index contributed by atoms with van der Waals surface area (Å²) in [6.45, 7) is 2.42. The molecular weight excluding hydrogens is 447 g/mol. The van der Waals surface area contributed by atoms with Crippen molar-refractivity contribution >= 4 is 61.0 Å². The van der Waals surface area contributed by atoms with E-state index in [0.717, 1.165) is 0 Å². The number of ether oxygens (including phenoxy) is 1. The average molecular weight is 460 g/mol. The Morgan fingerprint density at radius 2 is 1.88 bits per heavy atom. The van der Waals surface area contributed by atoms with Gasteiger partial charge >= 0.3 is 5.97 Å². The van der Waals surface area contributed by atoms with E-state index in [1.54, 1.807) is 0 Å². The van der Waals surface area contributed by atoms with Crippen molar-refractivity contribution in [2.45, 2.75) is 4.90 Å². The summed E-state index contributed by atoms with van der Waals surface area (Å²) in [6.07, 6.45) is 1.46. The Labute approximate surface area is 157 Å². The van der Waals surface area contributed by atoms with Gasteiger partial charge in [0.2, 0.25) is 10.0 Å². The predicted molar refractivity (Wildman–Crippen MR) is 93.5 cm³/mol. The van der Waals surface area contributed by atoms with Gasteiger partial charge in [-0.25, -0.2) is 8.42 Å². The lowest BCUT2D eigenvalue weighted by atomic mass is 10.4. The zero-order valence-corrected chi connectivity index (χ0v) is 16.1. The normalized spacial score (nSPS) is 11.0. The van der Waals surface area contributed by atoms with Crippen molar-refractivity contribution in [3.63, 3.8) is 0 Å². The Kier molecular flexibility index (Phi) is 8.17. The van der Waals surface area contributed by atoms with E-state index < -0.39 is 35.1 Å². The first-order valence-corrected chi connectivity index (χ1v) is 9.38. The fourth-order valence-corrected chi connectivity index (χ4v) is 4.35. The number of carbonyl (C=O) groups is 2. The maximum absolute atomic E-state index is 12.2. The van der Waals surface area contributed by atoms with Crippen LogP contribution in [0.15, 0.2) is 34.2 Å². The van der Waals surface area contributed by atoms with E-state index >= 15 is 0 Å². The van der Waals surface area contributed by atoms with Crippen molar-refractivity contribution in [2.24, 2.45) is 0 Å². The molecule has 7 nitrogen and oxygen atoms in total. The molecule has 1 amide bonds. The number of hydrogen-bond acceptors (Lipinski definition) is 5. The van der Waals surface area contributed by atoms with Crippen LogP contribution in [0.3, 0.4) is 0 Å². The van der Waals surface area contributed by atoms with Crippen LogP contribution in [0.1, 0.15) is 0 Å². The third-order valence-electron chi connectivity index (χ3n) is 2.45. The molecule has 1 rings (SSSR count). The molecule has 0 aliphatic carbocycles. The van der Waals surface area contributed by atoms with Gasteiger partial charge in [-0.1, -0.05) is 45.2 Å². The number of hydrogen-bond donors (Lipinski definition) is 2. The van der Waals surface area contributed by atoms with Gasteiger partial charge in [-0.3, -0.25) is 9.59 Å². The molecule has 0 aliphatic rings. The van der Waals surface area contributed by atoms with Gasteiger partial charge < -0.3 is 10.1 Å². The van der Waals surface area contributed by atoms with Crippen LogP contribution in [-0.2, 0) is 24.3 Å². The standard InChI is InChI=1S/C13H13BrCl2N2O5S/c1-2-3-17-11(19)7-23-12(20)6-18-24(21,22)13-9(15)4-8(14)5-10(13)16/h2,4-5,18H,1,3,6-7H2,(H,17,19). The van der Waals surface area contributed by atoms with Crippen LogP contribution >= 0.6 is 39.1 Å². The Bertz CT molecular complexity index is 732. The number of carbonyl (C=O) groups excluding carboxylic acids is 2. The molecular formula is C13H13BrCl2N2O5S. The second kappa shape index (κ2) is 9.38. The topological polar surface area (TPSA) is 102 Å². The highest BCUT2D eigenvalue weighted by molar-refractivity contribution is 9.10. The van der Waals surface area contributed by atoms with Gasteiger partial charge in [-0.15, -0.1) is 6.58 Å². The number of nitrogens with one attached hydrogen (secondary N) is 2. The fourth-order valence-electron chi connectivity index (χ4n) is 1.45. The van der Waals surface area contributed by atoms with Gasteiger partial charge in [-0.05, 0) is 12.1 Å². The van der Waals surface area contributed by atoms with E-state index in [4.69, 9.17) is 23.2 Å². The monoisotopic (exact) mass is 458 g/mol. The number of rotatable bonds is 8. The minimum absolute atomic E-state index is 0.112. The fraction of sp³-hybridized carbons (Fsp3) is 0.231. The summed E-state index contributed by atoms with van der Waals surface area (Å²) in [6, 6.07) is 2.70. The highest BCUT2D eigenvalue weighted by atomic mass is 79.9. The third kappa shape index (κ3) is 6.40. The highest BCUT2D eigenvalue weighted by Gasteiger charge is 2.23. The smallest absolute Gasteiger partial charge is 0.321 e. The zero-order chi connectivity index (χ0) is 18.3. The first-order chi connectivity index (χ1) is 11.2. The second-order valence-corrected chi connectivity index (χ2v) is 7.71. The Hall–Kier alpha value is -1.13. The highest BCUT2D eigenvalue weighted by Crippen LogP contribution is 2.32. The van der Waals surface area contributed by atoms with Crippen molar-refractivity contribution in [1.29, 1.82) is 0 Å². The molecule has 0 spiro atoms. The molecule has 0 heterocycles. The van der Waals surface area contributed by atoms with Gasteiger partial charge in [0.25, 0.3) is 5.91 Å². The molecule has 0 atom stereocenters. The number of halogens is 3. The first kappa shape index (κ1) is 20.9. The molecule has 1 aromatic rings. The van der Waals surface area contributed by atoms with Crippen molar-refractivity contribution in [1.82, 2.24) is 10.0 Å². The summed E-state index contributed by atoms with van der Waals surface area (Å²) in [5.41, 5.74) is 0. The van der Waals surface area contributed by atoms with Crippen molar-refractivity contribution in [2.75, 3.05) is 19.7 Å². The van der Waals surface area contributed by atoms with E-state index in [9.17, 15) is 18.0 Å². The molecule has 0 unspecified atom stereocenters. The lowest BCUT2D eigenvalue weighted by Gasteiger charge is -2.10. The molecule has 0 aromatic heterocycles. The zero-order valence-electron chi connectivity index (χ0n) is 12.1. The molecule has 0 saturated carbocycles. The summed E-state index contributed by atoms with van der Waals surface area (Å²) in [5, 5.41) is 2.17. The van der Waals surface area contributed by atoms with Crippen molar-refractivity contribution < 1.29 is 22.7 Å². The SMILES string of the molecule is C=CCNC(=O)COC(=O)CNS(=O)(=O)c1c(Cl)cc(Br)cc1Cl. The third-order valence-corrected chi connectivity index (χ3v) is 5.23. The minimum Gasteiger partial charge on any atom is -0.455 e. The summed E-state index contributed by atoms with van der Waals surface area (Å²) < 4.78 is 31.5. The lowest BCUT2D eigenvalue weighted by Crippen LogP contribution is -2.34. The van der Waals surface area contributed by atoms with Crippen LogP contribution in [0.25, 0.3) is 0 Å². The summed E-state index contributed by atoms with van der Waals surface area (Å²) in [7, 11) is -4.14. The summed E-state index contributed by atoms with van der Waals surface area (Å²) in [5.74, 6) is -1.47. The van der Waals surface area contributed by atoms with Crippen molar-refractivity contribution in [3.05, 3.63) is 39.3 Å². The van der Waals surface area contributed by atoms with Crippen LogP contribution in [0.4, 0.5) is 0 Å². The van der Waals surface area contributed by atoms with Gasteiger partial charge in [0.15, 0.2) is 6.61 Å². The van der Waals surface area contributed by atoms with Crippen LogP contribution in [-0.4, -0.2) is 40.0 Å². The quantitative estimate of drug-likeness (QED) is 0.456. The Balaban J connectivity index is 2.65. The molecule has 0 radical (unpaired) electrons. The predicted octanol–water partition coefficient (Wildman–Crippen LogP) is 1.88. The summed E-state index contributed by atoms with van der Waals surface area (Å²) >= 11 is 14.9. The van der Waals surface area contributed by atoms with Crippen LogP contribution in [0.2, 0.25) is 10.0 Å². The number of amides is 1. The van der Waals surface area contributed by atoms with Crippen LogP contribution in [0, 0.1) is 0 Å². The minimum atomic E-state index is -4.14. The molecule has 132 valence electrons. The van der Waals surface area contributed by atoms with Gasteiger partial charge in [-0.2, -0.15) is 4.72 Å². The number of sulfonamides is 1. The van der Waals surface area contributed by atoms with E-state index in [2.05, 4.69) is 32.6 Å². The second-order valence-electron chi connectivity index (χ2n) is 4.28. The molecule has 2 N–H and O–H groups in total. The number of esters is 1. The maximum atomic E-state index is 12.2. The van der Waals surface area contributed by atoms with Gasteiger partial charge in [0.1, 0.15) is 11.4 Å². The van der Waals surface area contributed by atoms with E-state index in [-0.39, 0.29) is 21.5 Å².